The maximum absolute atomic E-state index is 8.45. The van der Waals surface area contributed by atoms with E-state index in [4.69, 9.17) is 11.0 Å². The van der Waals surface area contributed by atoms with E-state index in [2.05, 4.69) is 25.8 Å². The van der Waals surface area contributed by atoms with Gasteiger partial charge in [-0.2, -0.15) is 5.26 Å². The number of aromatic nitrogens is 1. The number of halogens is 1. The summed E-state index contributed by atoms with van der Waals surface area (Å²) in [5, 5.41) is 11.5. The van der Waals surface area contributed by atoms with Crippen molar-refractivity contribution in [2.45, 2.75) is 19.3 Å². The molecule has 0 aromatic carbocycles. The second-order valence-corrected chi connectivity index (χ2v) is 5.52. The van der Waals surface area contributed by atoms with E-state index >= 15 is 0 Å². The van der Waals surface area contributed by atoms with E-state index in [1.54, 1.807) is 11.3 Å². The molecule has 0 bridgehead atoms. The van der Waals surface area contributed by atoms with Crippen molar-refractivity contribution >= 4 is 46.4 Å². The van der Waals surface area contributed by atoms with Crippen LogP contribution in [0.3, 0.4) is 0 Å². The van der Waals surface area contributed by atoms with Crippen molar-refractivity contribution in [3.8, 4) is 6.07 Å². The van der Waals surface area contributed by atoms with Crippen molar-refractivity contribution in [2.75, 3.05) is 37.6 Å². The van der Waals surface area contributed by atoms with Gasteiger partial charge in [-0.1, -0.05) is 0 Å². The number of hydrogen-bond donors (Lipinski definition) is 1. The Labute approximate surface area is 146 Å². The molecule has 2 rings (SSSR count). The minimum atomic E-state index is 0. The van der Waals surface area contributed by atoms with Gasteiger partial charge < -0.3 is 15.5 Å². The third kappa shape index (κ3) is 5.67. The molecule has 0 radical (unpaired) electrons. The highest BCUT2D eigenvalue weighted by atomic mass is 127. The molecule has 1 saturated heterocycles. The first-order valence-electron chi connectivity index (χ1n) is 6.87. The molecule has 8 heteroatoms. The number of hydrogen-bond acceptors (Lipinski definition) is 5. The van der Waals surface area contributed by atoms with E-state index in [0.717, 1.165) is 44.2 Å². The molecule has 0 atom stereocenters. The number of rotatable bonds is 5. The Morgan fingerprint density at radius 3 is 2.76 bits per heavy atom. The number of piperazine rings is 1. The second-order valence-electron chi connectivity index (χ2n) is 4.64. The number of anilines is 1. The Hall–Kier alpha value is -1.08. The SMILES string of the molecule is I.N#CCCCCN=C(N)N1CCN(c2nccs2)CC1. The van der Waals surface area contributed by atoms with Crippen molar-refractivity contribution < 1.29 is 0 Å². The van der Waals surface area contributed by atoms with Crippen LogP contribution in [-0.2, 0) is 0 Å². The standard InChI is InChI=1S/C13H20N6S.HI/c14-4-2-1-3-5-16-12(15)18-7-9-19(10-8-18)13-17-6-11-20-13;/h6,11H,1-3,5,7-10H2,(H2,15,16);1H. The molecule has 6 nitrogen and oxygen atoms in total. The first kappa shape index (κ1) is 18.0. The van der Waals surface area contributed by atoms with E-state index in [0.29, 0.717) is 18.9 Å². The van der Waals surface area contributed by atoms with Crippen LogP contribution in [0.4, 0.5) is 5.13 Å². The van der Waals surface area contributed by atoms with Crippen molar-refractivity contribution in [3.63, 3.8) is 0 Å². The van der Waals surface area contributed by atoms with Gasteiger partial charge in [0.1, 0.15) is 0 Å². The lowest BCUT2D eigenvalue weighted by molar-refractivity contribution is 0.380. The molecule has 1 aliphatic heterocycles. The Kier molecular flexibility index (Phi) is 8.37. The van der Waals surface area contributed by atoms with Crippen molar-refractivity contribution in [3.05, 3.63) is 11.6 Å². The van der Waals surface area contributed by atoms with Crippen LogP contribution in [0.1, 0.15) is 19.3 Å². The minimum Gasteiger partial charge on any atom is -0.370 e. The van der Waals surface area contributed by atoms with E-state index < -0.39 is 0 Å². The highest BCUT2D eigenvalue weighted by molar-refractivity contribution is 14.0. The van der Waals surface area contributed by atoms with Gasteiger partial charge in [0, 0.05) is 50.7 Å². The Morgan fingerprint density at radius 2 is 2.14 bits per heavy atom. The molecular formula is C13H21IN6S. The molecule has 2 N–H and O–H groups in total. The fraction of sp³-hybridized carbons (Fsp3) is 0.615. The van der Waals surface area contributed by atoms with Crippen molar-refractivity contribution in [1.82, 2.24) is 9.88 Å². The average molecular weight is 420 g/mol. The molecule has 0 unspecified atom stereocenters. The third-order valence-electron chi connectivity index (χ3n) is 3.26. The monoisotopic (exact) mass is 420 g/mol. The van der Waals surface area contributed by atoms with Gasteiger partial charge in [-0.15, -0.1) is 35.3 Å². The molecule has 2 heterocycles. The van der Waals surface area contributed by atoms with Gasteiger partial charge in [0.05, 0.1) is 6.07 Å². The summed E-state index contributed by atoms with van der Waals surface area (Å²) in [5.41, 5.74) is 6.01. The van der Waals surface area contributed by atoms with E-state index in [-0.39, 0.29) is 24.0 Å². The minimum absolute atomic E-state index is 0. The lowest BCUT2D eigenvalue weighted by atomic mass is 10.2. The third-order valence-corrected chi connectivity index (χ3v) is 4.10. The molecule has 1 fully saturated rings. The number of thiazole rings is 1. The van der Waals surface area contributed by atoms with Gasteiger partial charge in [0.15, 0.2) is 11.1 Å². The van der Waals surface area contributed by atoms with Crippen molar-refractivity contribution in [1.29, 1.82) is 5.26 Å². The molecule has 1 aromatic rings. The highest BCUT2D eigenvalue weighted by Crippen LogP contribution is 2.18. The van der Waals surface area contributed by atoms with Crippen LogP contribution < -0.4 is 10.6 Å². The molecule has 21 heavy (non-hydrogen) atoms. The zero-order valence-electron chi connectivity index (χ0n) is 11.9. The molecule has 116 valence electrons. The Bertz CT molecular complexity index is 462. The molecule has 1 aromatic heterocycles. The topological polar surface area (TPSA) is 81.5 Å². The van der Waals surface area contributed by atoms with E-state index in [1.807, 2.05) is 11.6 Å². The van der Waals surface area contributed by atoms with E-state index in [9.17, 15) is 0 Å². The average Bonchev–Trinajstić information content (AvgIpc) is 3.01. The number of unbranched alkanes of at least 4 members (excludes halogenated alkanes) is 2. The maximum atomic E-state index is 8.45. The summed E-state index contributed by atoms with van der Waals surface area (Å²) in [6.07, 6.45) is 4.25. The fourth-order valence-electron chi connectivity index (χ4n) is 2.11. The van der Waals surface area contributed by atoms with Gasteiger partial charge in [-0.05, 0) is 12.8 Å². The van der Waals surface area contributed by atoms with Gasteiger partial charge in [0.2, 0.25) is 0 Å². The number of aliphatic imine (C=N–C) groups is 1. The lowest BCUT2D eigenvalue weighted by Crippen LogP contribution is -2.51. The van der Waals surface area contributed by atoms with Crippen LogP contribution >= 0.6 is 35.3 Å². The summed E-state index contributed by atoms with van der Waals surface area (Å²) in [6, 6.07) is 2.14. The van der Waals surface area contributed by atoms with Gasteiger partial charge in [0.25, 0.3) is 0 Å². The molecule has 0 spiro atoms. The van der Waals surface area contributed by atoms with Gasteiger partial charge in [-0.25, -0.2) is 4.98 Å². The summed E-state index contributed by atoms with van der Waals surface area (Å²) >= 11 is 1.67. The zero-order chi connectivity index (χ0) is 14.2. The zero-order valence-corrected chi connectivity index (χ0v) is 15.1. The maximum Gasteiger partial charge on any atom is 0.191 e. The molecular weight excluding hydrogens is 399 g/mol. The number of nitriles is 1. The first-order valence-corrected chi connectivity index (χ1v) is 7.75. The summed E-state index contributed by atoms with van der Waals surface area (Å²) in [4.78, 5) is 13.1. The van der Waals surface area contributed by atoms with Crippen LogP contribution in [0.2, 0.25) is 0 Å². The normalized spacial score (nSPS) is 15.5. The van der Waals surface area contributed by atoms with Crippen LogP contribution in [0.15, 0.2) is 16.6 Å². The number of guanidine groups is 1. The largest absolute Gasteiger partial charge is 0.370 e. The van der Waals surface area contributed by atoms with Crippen LogP contribution in [0.5, 0.6) is 0 Å². The Balaban J connectivity index is 0.00000220. The number of nitrogens with zero attached hydrogens (tertiary/aromatic N) is 5. The predicted octanol–water partition coefficient (Wildman–Crippen LogP) is 1.89. The van der Waals surface area contributed by atoms with Crippen LogP contribution in [-0.4, -0.2) is 48.6 Å². The molecule has 0 amide bonds. The van der Waals surface area contributed by atoms with E-state index in [1.165, 1.54) is 0 Å². The lowest BCUT2D eigenvalue weighted by Gasteiger charge is -2.35. The second kappa shape index (κ2) is 9.78. The molecule has 0 saturated carbocycles. The summed E-state index contributed by atoms with van der Waals surface area (Å²) < 4.78 is 0. The van der Waals surface area contributed by atoms with Crippen molar-refractivity contribution in [2.24, 2.45) is 10.7 Å². The predicted molar refractivity (Wildman–Crippen MR) is 97.3 cm³/mol. The smallest absolute Gasteiger partial charge is 0.191 e. The van der Waals surface area contributed by atoms with Crippen LogP contribution in [0, 0.1) is 11.3 Å². The van der Waals surface area contributed by atoms with Gasteiger partial charge in [-0.3, -0.25) is 4.99 Å². The first-order chi connectivity index (χ1) is 9.81. The molecule has 1 aliphatic rings. The number of nitrogens with two attached hydrogens (primary N) is 1. The van der Waals surface area contributed by atoms with Gasteiger partial charge >= 0.3 is 0 Å². The highest BCUT2D eigenvalue weighted by Gasteiger charge is 2.19. The summed E-state index contributed by atoms with van der Waals surface area (Å²) in [6.45, 7) is 4.33. The summed E-state index contributed by atoms with van der Waals surface area (Å²) in [7, 11) is 0. The Morgan fingerprint density at radius 1 is 1.38 bits per heavy atom. The summed E-state index contributed by atoms with van der Waals surface area (Å²) in [5.74, 6) is 0.626. The molecule has 0 aliphatic carbocycles. The fourth-order valence-corrected chi connectivity index (χ4v) is 2.81. The van der Waals surface area contributed by atoms with Crippen LogP contribution in [0.25, 0.3) is 0 Å². The quantitative estimate of drug-likeness (QED) is 0.341.